The summed E-state index contributed by atoms with van der Waals surface area (Å²) in [6.07, 6.45) is 2.21. The molecule has 1 aromatic carbocycles. The summed E-state index contributed by atoms with van der Waals surface area (Å²) in [4.78, 5) is 27.0. The Morgan fingerprint density at radius 1 is 1.34 bits per heavy atom. The van der Waals surface area contributed by atoms with E-state index in [9.17, 15) is 14.7 Å². The van der Waals surface area contributed by atoms with Gasteiger partial charge < -0.3 is 29.9 Å². The number of carbonyl (C=O) groups is 2. The van der Waals surface area contributed by atoms with Gasteiger partial charge in [0.2, 0.25) is 5.91 Å². The summed E-state index contributed by atoms with van der Waals surface area (Å²) in [7, 11) is 1.51. The zero-order valence-electron chi connectivity index (χ0n) is 17.5. The summed E-state index contributed by atoms with van der Waals surface area (Å²) in [6, 6.07) is 7.65. The predicted molar refractivity (Wildman–Crippen MR) is 116 cm³/mol. The van der Waals surface area contributed by atoms with Crippen molar-refractivity contribution in [3.8, 4) is 5.75 Å². The molecule has 1 aliphatic heterocycles. The van der Waals surface area contributed by atoms with E-state index in [4.69, 9.17) is 26.2 Å². The molecule has 0 radical (unpaired) electrons. The molecule has 0 saturated heterocycles. The Morgan fingerprint density at radius 2 is 2.12 bits per heavy atom. The van der Waals surface area contributed by atoms with E-state index in [0.717, 1.165) is 0 Å². The van der Waals surface area contributed by atoms with Crippen molar-refractivity contribution in [1.29, 1.82) is 0 Å². The third kappa shape index (κ3) is 6.07. The molecular weight excluding hydrogens is 440 g/mol. The molecule has 2 heterocycles. The summed E-state index contributed by atoms with van der Waals surface area (Å²) in [5, 5.41) is 25.7. The van der Waals surface area contributed by atoms with Crippen LogP contribution in [0.2, 0.25) is 5.02 Å². The fourth-order valence-electron chi connectivity index (χ4n) is 3.18. The number of nitrogens with one attached hydrogen (secondary N) is 1. The lowest BCUT2D eigenvalue weighted by Crippen LogP contribution is -2.46. The molecule has 10 nitrogen and oxygen atoms in total. The highest BCUT2D eigenvalue weighted by atomic mass is 35.5. The second-order valence-corrected chi connectivity index (χ2v) is 7.56. The Hall–Kier alpha value is -2.92. The lowest BCUT2D eigenvalue weighted by atomic mass is 10.1. The number of aliphatic hydroxyl groups is 2. The normalized spacial score (nSPS) is 15.4. The molecule has 2 unspecified atom stereocenters. The number of halogens is 1. The van der Waals surface area contributed by atoms with Crippen molar-refractivity contribution < 1.29 is 29.3 Å². The number of nitrogens with zero attached hydrogens (tertiary/aromatic N) is 3. The molecule has 2 amide bonds. The number of aliphatic hydroxyl groups excluding tert-OH is 2. The molecule has 11 heteroatoms. The Bertz CT molecular complexity index is 979. The molecule has 1 aromatic heterocycles. The maximum atomic E-state index is 13.0. The van der Waals surface area contributed by atoms with Gasteiger partial charge in [-0.3, -0.25) is 14.3 Å². The second-order valence-electron chi connectivity index (χ2n) is 7.16. The third-order valence-electron chi connectivity index (χ3n) is 4.75. The summed E-state index contributed by atoms with van der Waals surface area (Å²) in [5.41, 5.74) is 0. The van der Waals surface area contributed by atoms with E-state index >= 15 is 0 Å². The number of hydrogen-bond donors (Lipinski definition) is 3. The van der Waals surface area contributed by atoms with Crippen LogP contribution in [0.15, 0.2) is 48.4 Å². The molecule has 0 spiro atoms. The number of benzene rings is 1. The van der Waals surface area contributed by atoms with Crippen molar-refractivity contribution in [2.75, 3.05) is 32.2 Å². The van der Waals surface area contributed by atoms with E-state index in [2.05, 4.69) is 10.4 Å². The van der Waals surface area contributed by atoms with Crippen LogP contribution < -0.4 is 10.1 Å². The molecule has 0 aliphatic carbocycles. The van der Waals surface area contributed by atoms with Crippen LogP contribution in [0.4, 0.5) is 5.82 Å². The zero-order valence-corrected chi connectivity index (χ0v) is 18.2. The van der Waals surface area contributed by atoms with E-state index in [1.165, 1.54) is 22.8 Å². The number of rotatable bonds is 11. The highest BCUT2D eigenvalue weighted by molar-refractivity contribution is 6.32. The van der Waals surface area contributed by atoms with Gasteiger partial charge in [-0.15, -0.1) is 0 Å². The topological polar surface area (TPSA) is 126 Å². The van der Waals surface area contributed by atoms with Crippen molar-refractivity contribution in [2.45, 2.75) is 25.1 Å². The first-order valence-electron chi connectivity index (χ1n) is 9.97. The molecule has 3 rings (SSSR count). The molecule has 2 aromatic rings. The minimum absolute atomic E-state index is 0.0801. The molecule has 1 aliphatic rings. The van der Waals surface area contributed by atoms with Gasteiger partial charge in [-0.05, 0) is 12.1 Å². The van der Waals surface area contributed by atoms with Gasteiger partial charge in [-0.25, -0.2) is 0 Å². The van der Waals surface area contributed by atoms with Crippen LogP contribution in [0.25, 0.3) is 0 Å². The average molecular weight is 465 g/mol. The predicted octanol–water partition coefficient (Wildman–Crippen LogP) is 1.04. The SMILES string of the molecule is COCCC(C(=O)Nc1ccn(CC(O)CO)n1)N1CC(Oc2ccccc2Cl)=CC1=O. The van der Waals surface area contributed by atoms with Gasteiger partial charge in [0.05, 0.1) is 30.8 Å². The summed E-state index contributed by atoms with van der Waals surface area (Å²) < 4.78 is 12.3. The summed E-state index contributed by atoms with van der Waals surface area (Å²) >= 11 is 6.12. The van der Waals surface area contributed by atoms with Gasteiger partial charge in [-0.1, -0.05) is 23.7 Å². The Balaban J connectivity index is 1.67. The van der Waals surface area contributed by atoms with Crippen LogP contribution in [0.1, 0.15) is 6.42 Å². The third-order valence-corrected chi connectivity index (χ3v) is 5.06. The molecule has 3 N–H and O–H groups in total. The minimum Gasteiger partial charge on any atom is -0.458 e. The molecule has 0 saturated carbocycles. The Morgan fingerprint density at radius 3 is 2.84 bits per heavy atom. The van der Waals surface area contributed by atoms with Crippen molar-refractivity contribution in [2.24, 2.45) is 0 Å². The highest BCUT2D eigenvalue weighted by Gasteiger charge is 2.34. The van der Waals surface area contributed by atoms with Gasteiger partial charge in [0.25, 0.3) is 5.91 Å². The van der Waals surface area contributed by atoms with E-state index in [1.807, 2.05) is 0 Å². The summed E-state index contributed by atoms with van der Waals surface area (Å²) in [5.74, 6) is 0.259. The minimum atomic E-state index is -0.960. The van der Waals surface area contributed by atoms with Gasteiger partial charge in [0.15, 0.2) is 5.82 Å². The first-order chi connectivity index (χ1) is 15.4. The van der Waals surface area contributed by atoms with E-state index in [1.54, 1.807) is 36.5 Å². The number of aromatic nitrogens is 2. The van der Waals surface area contributed by atoms with Crippen molar-refractivity contribution >= 4 is 29.2 Å². The van der Waals surface area contributed by atoms with Crippen LogP contribution in [-0.4, -0.2) is 75.7 Å². The number of amides is 2. The van der Waals surface area contributed by atoms with E-state index in [0.29, 0.717) is 16.5 Å². The fourth-order valence-corrected chi connectivity index (χ4v) is 3.35. The quantitative estimate of drug-likeness (QED) is 0.453. The summed E-state index contributed by atoms with van der Waals surface area (Å²) in [6.45, 7) is 0.0444. The van der Waals surface area contributed by atoms with E-state index < -0.39 is 24.7 Å². The number of para-hydroxylation sites is 1. The Labute approximate surface area is 190 Å². The lowest BCUT2D eigenvalue weighted by Gasteiger charge is -2.26. The van der Waals surface area contributed by atoms with Crippen molar-refractivity contribution in [3.63, 3.8) is 0 Å². The van der Waals surface area contributed by atoms with Crippen LogP contribution in [0, 0.1) is 0 Å². The average Bonchev–Trinajstić information content (AvgIpc) is 3.36. The molecule has 32 heavy (non-hydrogen) atoms. The first-order valence-corrected chi connectivity index (χ1v) is 10.3. The van der Waals surface area contributed by atoms with Gasteiger partial charge in [0, 0.05) is 38.5 Å². The number of anilines is 1. The second kappa shape index (κ2) is 11.1. The van der Waals surface area contributed by atoms with Crippen LogP contribution >= 0.6 is 11.6 Å². The number of ether oxygens (including phenoxy) is 2. The van der Waals surface area contributed by atoms with Crippen LogP contribution in [0.3, 0.4) is 0 Å². The molecular formula is C21H25ClN4O6. The maximum absolute atomic E-state index is 13.0. The molecule has 172 valence electrons. The van der Waals surface area contributed by atoms with Crippen LogP contribution in [-0.2, 0) is 20.9 Å². The molecule has 0 bridgehead atoms. The molecule has 0 fully saturated rings. The highest BCUT2D eigenvalue weighted by Crippen LogP contribution is 2.27. The zero-order chi connectivity index (χ0) is 23.1. The standard InChI is InChI=1S/C21H25ClN4O6/c1-31-9-7-17(21(30)23-19-6-8-25(24-19)11-14(28)13-27)26-12-15(10-20(26)29)32-18-5-3-2-4-16(18)22/h2-6,8,10,14,17,27-28H,7,9,11-13H2,1H3,(H,23,24,30). The maximum Gasteiger partial charge on any atom is 0.251 e. The number of methoxy groups -OCH3 is 1. The van der Waals surface area contributed by atoms with Crippen molar-refractivity contribution in [3.05, 3.63) is 53.4 Å². The smallest absolute Gasteiger partial charge is 0.251 e. The van der Waals surface area contributed by atoms with Gasteiger partial charge >= 0.3 is 0 Å². The first kappa shape index (κ1) is 23.7. The number of carbonyl (C=O) groups excluding carboxylic acids is 2. The van der Waals surface area contributed by atoms with Crippen LogP contribution in [0.5, 0.6) is 5.75 Å². The monoisotopic (exact) mass is 464 g/mol. The van der Waals surface area contributed by atoms with Gasteiger partial charge in [-0.2, -0.15) is 5.10 Å². The molecule has 2 atom stereocenters. The van der Waals surface area contributed by atoms with Crippen molar-refractivity contribution in [1.82, 2.24) is 14.7 Å². The fraction of sp³-hybridized carbons (Fsp3) is 0.381. The lowest BCUT2D eigenvalue weighted by molar-refractivity contribution is -0.134. The largest absolute Gasteiger partial charge is 0.458 e. The van der Waals surface area contributed by atoms with E-state index in [-0.39, 0.29) is 37.8 Å². The van der Waals surface area contributed by atoms with Gasteiger partial charge in [0.1, 0.15) is 17.6 Å². The Kier molecular flexibility index (Phi) is 8.23. The number of hydrogen-bond acceptors (Lipinski definition) is 7.